The maximum Gasteiger partial charge on any atom is 0.168 e. The van der Waals surface area contributed by atoms with E-state index in [1.165, 1.54) is 5.56 Å². The number of rotatable bonds is 4. The number of nitriles is 1. The van der Waals surface area contributed by atoms with Gasteiger partial charge in [0.15, 0.2) is 11.5 Å². The fourth-order valence-corrected chi connectivity index (χ4v) is 3.31. The molecular formula is C19H18N4O. The fourth-order valence-electron chi connectivity index (χ4n) is 3.31. The molecule has 1 aromatic carbocycles. The number of hydrogen-bond donors (Lipinski definition) is 1. The Labute approximate surface area is 140 Å². The zero-order chi connectivity index (χ0) is 16.4. The van der Waals surface area contributed by atoms with Gasteiger partial charge in [-0.25, -0.2) is 4.98 Å². The van der Waals surface area contributed by atoms with Crippen molar-refractivity contribution in [2.24, 2.45) is 5.92 Å². The second kappa shape index (κ2) is 6.34. The highest BCUT2D eigenvalue weighted by Gasteiger charge is 2.29. The Hall–Kier alpha value is -2.84. The average molecular weight is 318 g/mol. The summed E-state index contributed by atoms with van der Waals surface area (Å²) in [5, 5.41) is 12.8. The molecule has 5 heteroatoms. The van der Waals surface area contributed by atoms with Crippen molar-refractivity contribution < 1.29 is 4.74 Å². The number of aromatic nitrogens is 2. The van der Waals surface area contributed by atoms with Crippen LogP contribution in [0.25, 0.3) is 5.65 Å². The molecule has 0 amide bonds. The van der Waals surface area contributed by atoms with E-state index in [1.807, 2.05) is 47.0 Å². The van der Waals surface area contributed by atoms with Crippen molar-refractivity contribution in [1.29, 1.82) is 5.26 Å². The van der Waals surface area contributed by atoms with Crippen LogP contribution in [0.4, 0.5) is 5.82 Å². The van der Waals surface area contributed by atoms with Gasteiger partial charge in [0.2, 0.25) is 0 Å². The van der Waals surface area contributed by atoms with E-state index in [-0.39, 0.29) is 6.10 Å². The number of nitrogens with zero attached hydrogens (tertiary/aromatic N) is 3. The minimum absolute atomic E-state index is 0.0984. The predicted octanol–water partition coefficient (Wildman–Crippen LogP) is 3.40. The van der Waals surface area contributed by atoms with Gasteiger partial charge in [-0.05, 0) is 24.1 Å². The van der Waals surface area contributed by atoms with Crippen molar-refractivity contribution in [3.63, 3.8) is 0 Å². The molecule has 5 nitrogen and oxygen atoms in total. The topological polar surface area (TPSA) is 62.3 Å². The van der Waals surface area contributed by atoms with Gasteiger partial charge in [0.1, 0.15) is 11.7 Å². The number of nitrogens with one attached hydrogen (secondary N) is 1. The van der Waals surface area contributed by atoms with E-state index in [4.69, 9.17) is 4.74 Å². The molecule has 1 fully saturated rings. The molecule has 0 saturated carbocycles. The number of ether oxygens (including phenoxy) is 1. The van der Waals surface area contributed by atoms with Crippen LogP contribution in [0.1, 0.15) is 23.8 Å². The Balaban J connectivity index is 1.54. The lowest BCUT2D eigenvalue weighted by Gasteiger charge is -2.19. The van der Waals surface area contributed by atoms with Gasteiger partial charge < -0.3 is 10.1 Å². The Morgan fingerprint density at radius 1 is 1.21 bits per heavy atom. The molecular weight excluding hydrogens is 300 g/mol. The lowest BCUT2D eigenvalue weighted by Crippen LogP contribution is -2.18. The van der Waals surface area contributed by atoms with E-state index in [2.05, 4.69) is 28.5 Å². The van der Waals surface area contributed by atoms with E-state index in [0.29, 0.717) is 17.4 Å². The maximum absolute atomic E-state index is 9.45. The molecule has 24 heavy (non-hydrogen) atoms. The van der Waals surface area contributed by atoms with Gasteiger partial charge in [0.05, 0.1) is 6.10 Å². The largest absolute Gasteiger partial charge is 0.373 e. The lowest BCUT2D eigenvalue weighted by atomic mass is 9.95. The Bertz CT molecular complexity index is 881. The minimum atomic E-state index is 0.0984. The first-order chi connectivity index (χ1) is 11.9. The molecule has 0 spiro atoms. The highest BCUT2D eigenvalue weighted by atomic mass is 16.5. The monoisotopic (exact) mass is 318 g/mol. The van der Waals surface area contributed by atoms with Crippen LogP contribution in [0, 0.1) is 17.2 Å². The number of hydrogen-bond acceptors (Lipinski definition) is 4. The molecule has 0 aliphatic carbocycles. The van der Waals surface area contributed by atoms with Crippen LogP contribution in [-0.2, 0) is 4.74 Å². The second-order valence-electron chi connectivity index (χ2n) is 5.98. The summed E-state index contributed by atoms with van der Waals surface area (Å²) in [6.45, 7) is 1.50. The first kappa shape index (κ1) is 14.7. The number of benzene rings is 1. The van der Waals surface area contributed by atoms with E-state index in [1.54, 1.807) is 0 Å². The summed E-state index contributed by atoms with van der Waals surface area (Å²) in [7, 11) is 0. The van der Waals surface area contributed by atoms with Crippen LogP contribution in [-0.4, -0.2) is 22.5 Å². The molecule has 120 valence electrons. The first-order valence-electron chi connectivity index (χ1n) is 8.14. The average Bonchev–Trinajstić information content (AvgIpc) is 3.24. The molecule has 4 rings (SSSR count). The normalized spacial score (nSPS) is 20.1. The Morgan fingerprint density at radius 2 is 2.04 bits per heavy atom. The smallest absolute Gasteiger partial charge is 0.168 e. The molecule has 0 unspecified atom stereocenters. The third-order valence-electron chi connectivity index (χ3n) is 4.51. The minimum Gasteiger partial charge on any atom is -0.373 e. The molecule has 0 radical (unpaired) electrons. The SMILES string of the molecule is N#Cc1c(NC[C@H]2CCO[C@H]2c2ccccc2)nc2ccccn12. The van der Waals surface area contributed by atoms with Crippen molar-refractivity contribution in [2.75, 3.05) is 18.5 Å². The van der Waals surface area contributed by atoms with Gasteiger partial charge in [-0.15, -0.1) is 0 Å². The highest BCUT2D eigenvalue weighted by molar-refractivity contribution is 5.58. The number of imidazole rings is 1. The van der Waals surface area contributed by atoms with Crippen molar-refractivity contribution in [3.8, 4) is 6.07 Å². The molecule has 3 heterocycles. The third kappa shape index (κ3) is 2.61. The number of anilines is 1. The van der Waals surface area contributed by atoms with Gasteiger partial charge in [-0.3, -0.25) is 4.40 Å². The van der Waals surface area contributed by atoms with Crippen LogP contribution in [0.15, 0.2) is 54.7 Å². The molecule has 1 aliphatic rings. The zero-order valence-corrected chi connectivity index (χ0v) is 13.2. The van der Waals surface area contributed by atoms with Gasteiger partial charge in [-0.1, -0.05) is 36.4 Å². The highest BCUT2D eigenvalue weighted by Crippen LogP contribution is 2.34. The summed E-state index contributed by atoms with van der Waals surface area (Å²) in [5.74, 6) is 1.01. The number of fused-ring (bicyclic) bond motifs is 1. The quantitative estimate of drug-likeness (QED) is 0.801. The van der Waals surface area contributed by atoms with Crippen molar-refractivity contribution in [3.05, 3.63) is 66.0 Å². The van der Waals surface area contributed by atoms with Gasteiger partial charge >= 0.3 is 0 Å². The predicted molar refractivity (Wildman–Crippen MR) is 91.6 cm³/mol. The Morgan fingerprint density at radius 3 is 2.88 bits per heavy atom. The molecule has 3 aromatic rings. The summed E-state index contributed by atoms with van der Waals surface area (Å²) in [4.78, 5) is 4.53. The molecule has 1 aliphatic heterocycles. The molecule has 1 saturated heterocycles. The summed E-state index contributed by atoms with van der Waals surface area (Å²) in [6.07, 6.45) is 2.96. The molecule has 1 N–H and O–H groups in total. The summed E-state index contributed by atoms with van der Waals surface area (Å²) >= 11 is 0. The molecule has 2 aromatic heterocycles. The van der Waals surface area contributed by atoms with Crippen LogP contribution in [0.2, 0.25) is 0 Å². The maximum atomic E-state index is 9.45. The summed E-state index contributed by atoms with van der Waals surface area (Å²) in [6, 6.07) is 18.3. The number of pyridine rings is 1. The van der Waals surface area contributed by atoms with Crippen molar-refractivity contribution >= 4 is 11.5 Å². The van der Waals surface area contributed by atoms with Crippen molar-refractivity contribution in [1.82, 2.24) is 9.38 Å². The molecule has 0 bridgehead atoms. The molecule has 2 atom stereocenters. The lowest BCUT2D eigenvalue weighted by molar-refractivity contribution is 0.0933. The zero-order valence-electron chi connectivity index (χ0n) is 13.2. The van der Waals surface area contributed by atoms with Crippen LogP contribution in [0.5, 0.6) is 0 Å². The van der Waals surface area contributed by atoms with Gasteiger partial charge in [0, 0.05) is 25.3 Å². The van der Waals surface area contributed by atoms with E-state index in [9.17, 15) is 5.26 Å². The second-order valence-corrected chi connectivity index (χ2v) is 5.98. The summed E-state index contributed by atoms with van der Waals surface area (Å²) in [5.41, 5.74) is 2.52. The third-order valence-corrected chi connectivity index (χ3v) is 4.51. The van der Waals surface area contributed by atoms with Gasteiger partial charge in [0.25, 0.3) is 0 Å². The van der Waals surface area contributed by atoms with Crippen LogP contribution < -0.4 is 5.32 Å². The van der Waals surface area contributed by atoms with Gasteiger partial charge in [-0.2, -0.15) is 5.26 Å². The standard InChI is InChI=1S/C19H18N4O/c20-12-16-19(22-17-8-4-5-10-23(16)17)21-13-15-9-11-24-18(15)14-6-2-1-3-7-14/h1-8,10,15,18,21H,9,11,13H2/t15-,18+/m1/s1. The van der Waals surface area contributed by atoms with Crippen LogP contribution >= 0.6 is 0 Å². The first-order valence-corrected chi connectivity index (χ1v) is 8.14. The van der Waals surface area contributed by atoms with Crippen LogP contribution in [0.3, 0.4) is 0 Å². The van der Waals surface area contributed by atoms with E-state index >= 15 is 0 Å². The fraction of sp³-hybridized carbons (Fsp3) is 0.263. The van der Waals surface area contributed by atoms with E-state index in [0.717, 1.165) is 25.2 Å². The Kier molecular flexibility index (Phi) is 3.89. The summed E-state index contributed by atoms with van der Waals surface area (Å²) < 4.78 is 7.73. The van der Waals surface area contributed by atoms with Crippen molar-refractivity contribution in [2.45, 2.75) is 12.5 Å². The van der Waals surface area contributed by atoms with E-state index < -0.39 is 0 Å².